The topological polar surface area (TPSA) is 40.5 Å². The Balaban J connectivity index is 1.34. The molecule has 2 N–H and O–H groups in total. The summed E-state index contributed by atoms with van der Waals surface area (Å²) in [6.45, 7) is 5.01. The van der Waals surface area contributed by atoms with Crippen molar-refractivity contribution in [1.29, 1.82) is 0 Å². The Hall–Kier alpha value is -0.860. The molecule has 0 amide bonds. The van der Waals surface area contributed by atoms with E-state index in [1.807, 2.05) is 0 Å². The van der Waals surface area contributed by atoms with Crippen molar-refractivity contribution in [3.8, 4) is 0 Å². The normalized spacial score (nSPS) is 33.6. The van der Waals surface area contributed by atoms with E-state index in [9.17, 15) is 5.11 Å². The molecule has 4 rings (SSSR count). The number of rotatable bonds is 11. The number of aliphatic hydroxyl groups is 2. The first-order valence-corrected chi connectivity index (χ1v) is 13.9. The molecule has 2 saturated carbocycles. The van der Waals surface area contributed by atoms with Crippen LogP contribution in [0.5, 0.6) is 0 Å². The molecule has 0 aliphatic heterocycles. The van der Waals surface area contributed by atoms with E-state index in [0.717, 1.165) is 36.5 Å². The van der Waals surface area contributed by atoms with E-state index >= 15 is 0 Å². The molecule has 3 aliphatic carbocycles. The smallest absolute Gasteiger partial charge is 0.0596 e. The van der Waals surface area contributed by atoms with Crippen LogP contribution in [0.2, 0.25) is 0 Å². The van der Waals surface area contributed by atoms with Gasteiger partial charge in [-0.1, -0.05) is 82.1 Å². The molecule has 0 radical (unpaired) electrons. The Labute approximate surface area is 197 Å². The lowest BCUT2D eigenvalue weighted by molar-refractivity contribution is -0.0396. The molecular formula is C30H48O2. The molecule has 1 aromatic rings. The van der Waals surface area contributed by atoms with Crippen molar-refractivity contribution in [2.75, 3.05) is 6.61 Å². The third kappa shape index (κ3) is 5.12. The number of unbranched alkanes of at least 4 members (excludes halogenated alkanes) is 8. The predicted molar refractivity (Wildman–Crippen MR) is 134 cm³/mol. The van der Waals surface area contributed by atoms with Crippen LogP contribution < -0.4 is 0 Å². The number of hydrogen-bond acceptors (Lipinski definition) is 2. The summed E-state index contributed by atoms with van der Waals surface area (Å²) >= 11 is 0. The van der Waals surface area contributed by atoms with Gasteiger partial charge in [0.2, 0.25) is 0 Å². The highest BCUT2D eigenvalue weighted by molar-refractivity contribution is 5.38. The van der Waals surface area contributed by atoms with Gasteiger partial charge >= 0.3 is 0 Å². The van der Waals surface area contributed by atoms with Crippen molar-refractivity contribution >= 4 is 0 Å². The van der Waals surface area contributed by atoms with E-state index in [1.54, 1.807) is 11.1 Å². The second kappa shape index (κ2) is 11.0. The fourth-order valence-corrected chi connectivity index (χ4v) is 7.93. The van der Waals surface area contributed by atoms with Crippen LogP contribution in [0, 0.1) is 30.1 Å². The highest BCUT2D eigenvalue weighted by Gasteiger charge is 2.56. The molecule has 32 heavy (non-hydrogen) atoms. The minimum atomic E-state index is -0.0779. The van der Waals surface area contributed by atoms with Gasteiger partial charge in [0.15, 0.2) is 0 Å². The van der Waals surface area contributed by atoms with Crippen LogP contribution in [-0.2, 0) is 6.42 Å². The summed E-state index contributed by atoms with van der Waals surface area (Å²) in [5.74, 6) is 3.04. The number of benzene rings is 1. The molecule has 0 bridgehead atoms. The molecule has 0 saturated heterocycles. The minimum Gasteiger partial charge on any atom is -0.396 e. The summed E-state index contributed by atoms with van der Waals surface area (Å²) < 4.78 is 0. The van der Waals surface area contributed by atoms with Crippen molar-refractivity contribution in [2.24, 2.45) is 23.2 Å². The van der Waals surface area contributed by atoms with E-state index in [-0.39, 0.29) is 11.5 Å². The second-order valence-corrected chi connectivity index (χ2v) is 11.8. The molecule has 6 atom stereocenters. The Kier molecular flexibility index (Phi) is 8.38. The number of fused-ring (bicyclic) bond motifs is 5. The number of hydrogen-bond donors (Lipinski definition) is 2. The average Bonchev–Trinajstić information content (AvgIpc) is 3.09. The first-order chi connectivity index (χ1) is 15.5. The summed E-state index contributed by atoms with van der Waals surface area (Å²) in [5.41, 5.74) is 4.87. The molecule has 180 valence electrons. The molecule has 0 spiro atoms. The maximum atomic E-state index is 10.8. The van der Waals surface area contributed by atoms with Crippen molar-refractivity contribution in [2.45, 2.75) is 122 Å². The van der Waals surface area contributed by atoms with Gasteiger partial charge in [-0.15, -0.1) is 0 Å². The van der Waals surface area contributed by atoms with Gasteiger partial charge in [-0.05, 0) is 92.1 Å². The van der Waals surface area contributed by atoms with Crippen LogP contribution in [0.1, 0.15) is 119 Å². The maximum Gasteiger partial charge on any atom is 0.0596 e. The fraction of sp³-hybridized carbons (Fsp3) is 0.800. The van der Waals surface area contributed by atoms with Crippen LogP contribution in [0.4, 0.5) is 0 Å². The van der Waals surface area contributed by atoms with E-state index in [2.05, 4.69) is 32.0 Å². The average molecular weight is 441 g/mol. The number of aliphatic hydroxyl groups excluding tert-OH is 2. The molecule has 6 unspecified atom stereocenters. The molecule has 2 heteroatoms. The molecule has 1 aromatic carbocycles. The molecule has 2 fully saturated rings. The monoisotopic (exact) mass is 440 g/mol. The zero-order chi connectivity index (χ0) is 22.6. The SMILES string of the molecule is Cc1ccc2c(c1)CC(CCCCCCCCCCCO)C1C2CCC2(C)C(O)CCC12. The second-order valence-electron chi connectivity index (χ2n) is 11.8. The van der Waals surface area contributed by atoms with E-state index in [1.165, 1.54) is 89.0 Å². The fourth-order valence-electron chi connectivity index (χ4n) is 7.93. The summed E-state index contributed by atoms with van der Waals surface area (Å²) in [5, 5.41) is 19.7. The van der Waals surface area contributed by atoms with Gasteiger partial charge in [0.25, 0.3) is 0 Å². The van der Waals surface area contributed by atoms with Crippen molar-refractivity contribution in [1.82, 2.24) is 0 Å². The Bertz CT molecular complexity index is 728. The summed E-state index contributed by atoms with van der Waals surface area (Å²) in [6, 6.07) is 7.26. The largest absolute Gasteiger partial charge is 0.396 e. The third-order valence-electron chi connectivity index (χ3n) is 9.74. The van der Waals surface area contributed by atoms with E-state index in [0.29, 0.717) is 6.61 Å². The van der Waals surface area contributed by atoms with Gasteiger partial charge in [0.05, 0.1) is 6.10 Å². The Morgan fingerprint density at radius 2 is 1.59 bits per heavy atom. The van der Waals surface area contributed by atoms with Crippen LogP contribution in [-0.4, -0.2) is 22.9 Å². The highest BCUT2D eigenvalue weighted by Crippen LogP contribution is 2.62. The lowest BCUT2D eigenvalue weighted by Crippen LogP contribution is -2.47. The maximum absolute atomic E-state index is 10.8. The Morgan fingerprint density at radius 3 is 2.31 bits per heavy atom. The first kappa shape index (κ1) is 24.3. The van der Waals surface area contributed by atoms with E-state index < -0.39 is 0 Å². The zero-order valence-corrected chi connectivity index (χ0v) is 20.8. The lowest BCUT2D eigenvalue weighted by Gasteiger charge is -2.53. The summed E-state index contributed by atoms with van der Waals surface area (Å²) in [4.78, 5) is 0. The van der Waals surface area contributed by atoms with Crippen molar-refractivity contribution in [3.05, 3.63) is 34.9 Å². The van der Waals surface area contributed by atoms with Crippen molar-refractivity contribution < 1.29 is 10.2 Å². The van der Waals surface area contributed by atoms with Crippen LogP contribution in [0.3, 0.4) is 0 Å². The molecule has 2 nitrogen and oxygen atoms in total. The van der Waals surface area contributed by atoms with Crippen LogP contribution in [0.25, 0.3) is 0 Å². The molecular weight excluding hydrogens is 392 g/mol. The zero-order valence-electron chi connectivity index (χ0n) is 20.8. The van der Waals surface area contributed by atoms with Gasteiger partial charge in [0, 0.05) is 6.61 Å². The summed E-state index contributed by atoms with van der Waals surface area (Å²) in [7, 11) is 0. The minimum absolute atomic E-state index is 0.0779. The van der Waals surface area contributed by atoms with Gasteiger partial charge in [-0.3, -0.25) is 0 Å². The van der Waals surface area contributed by atoms with Crippen LogP contribution in [0.15, 0.2) is 18.2 Å². The molecule has 3 aliphatic rings. The quantitative estimate of drug-likeness (QED) is 0.354. The van der Waals surface area contributed by atoms with Gasteiger partial charge in [-0.2, -0.15) is 0 Å². The molecule has 0 aromatic heterocycles. The van der Waals surface area contributed by atoms with Crippen LogP contribution >= 0.6 is 0 Å². The summed E-state index contributed by atoms with van der Waals surface area (Å²) in [6.07, 6.45) is 19.0. The van der Waals surface area contributed by atoms with Gasteiger partial charge in [-0.25, -0.2) is 0 Å². The van der Waals surface area contributed by atoms with Crippen molar-refractivity contribution in [3.63, 3.8) is 0 Å². The highest BCUT2D eigenvalue weighted by atomic mass is 16.3. The third-order valence-corrected chi connectivity index (χ3v) is 9.74. The lowest BCUT2D eigenvalue weighted by atomic mass is 9.52. The Morgan fingerprint density at radius 1 is 0.906 bits per heavy atom. The van der Waals surface area contributed by atoms with E-state index in [4.69, 9.17) is 5.11 Å². The number of aryl methyl sites for hydroxylation is 1. The standard InChI is InChI=1S/C30H48O2/c1-22-13-14-25-24(20-22)21-23(12-10-8-6-4-3-5-7-9-11-19-31)29-26(25)17-18-30(2)27(29)15-16-28(30)32/h13-14,20,23,26-29,31-32H,3-12,15-19,21H2,1-2H3. The molecule has 0 heterocycles. The first-order valence-electron chi connectivity index (χ1n) is 13.9. The predicted octanol–water partition coefficient (Wildman–Crippen LogP) is 7.33. The van der Waals surface area contributed by atoms with Gasteiger partial charge < -0.3 is 10.2 Å². The van der Waals surface area contributed by atoms with Gasteiger partial charge in [0.1, 0.15) is 0 Å².